The number of fused-ring (bicyclic) bond motifs is 2. The summed E-state index contributed by atoms with van der Waals surface area (Å²) < 4.78 is 61.7. The predicted octanol–water partition coefficient (Wildman–Crippen LogP) is 15.1. The summed E-state index contributed by atoms with van der Waals surface area (Å²) in [5, 5.41) is 33.4. The number of aryl methyl sites for hydroxylation is 4. The van der Waals surface area contributed by atoms with Crippen molar-refractivity contribution in [1.82, 2.24) is 71.0 Å². The Morgan fingerprint density at radius 3 is 1.43 bits per heavy atom. The minimum atomic E-state index is -0.443. The molecule has 11 heterocycles. The standard InChI is InChI=1S/C42H49FN8O3.C30H33BrFN7O3.C23H36BNO4/c1-3-36-33(39(48-31-15-19-54-20-16-31)34-26-47-51(4-2)40(34)50-36)25-46-42(53)38-10-6-9-37(49-38)41(52)45-24-29-11-12-35(43)32(23-29)30-8-5-7-28(22-30)21-27-13-17-44-18-14-27;1-3-24-20(27(36-19-10-12-42-13-11-19)21-17-35-39(4-2)28(21)38-24)16-34-30(41)26-7-5-6-25(37-26)29(40)33-15-18-8-9-23(32)22(31)14-18;1-21(2,3)27-20(26)25-13-11-17(12-14-25)15-18-9-8-10-19(16-18)24-28-22(4,5)23(6,7)29-24/h5-12,22-23,26-27,31,44H,3-4,13-21,24-25H2,1-2H3,(H,45,52)(H,46,53)(H,48,50);5-9,14,17,19H,3-4,10-13,15-16H2,1-2H3,(H,33,40)(H,34,41)(H,36,38);8-10,16-17H,11-15H2,1-7H3. The number of ether oxygens (including phenoxy) is 3. The molecule has 0 spiro atoms. The molecule has 125 heavy (non-hydrogen) atoms. The second kappa shape index (κ2) is 42.1. The lowest BCUT2D eigenvalue weighted by atomic mass is 9.77. The van der Waals surface area contributed by atoms with E-state index in [1.165, 1.54) is 23.3 Å². The van der Waals surface area contributed by atoms with Crippen molar-refractivity contribution in [1.29, 1.82) is 0 Å². The SMILES string of the molecule is CC(C)(C)OC(=O)N1CCC(Cc2cccc(B3OC(C)(C)C(C)(C)O3)c2)CC1.CCc1nc2c(cnn2CC)c(NC2CCOCC2)c1CNC(=O)c1cccc(C(=O)NCc2ccc(F)c(-c3cccc(CC4CCNCC4)c3)c2)n1.CCc1nc2c(cnn2CC)c(NC2CCOCC2)c1CNC(=O)c1cccc(C(=O)NCc2ccc(F)c(Br)c2)n1. The molecule has 0 bridgehead atoms. The van der Waals surface area contributed by atoms with Gasteiger partial charge in [0.05, 0.1) is 50.2 Å². The molecule has 5 aliphatic rings. The van der Waals surface area contributed by atoms with E-state index in [9.17, 15) is 28.4 Å². The van der Waals surface area contributed by atoms with Gasteiger partial charge in [-0.05, 0) is 262 Å². The zero-order chi connectivity index (χ0) is 88.5. The molecule has 5 fully saturated rings. The number of hydrogen-bond acceptors (Lipinski definition) is 19. The van der Waals surface area contributed by atoms with E-state index in [1.54, 1.807) is 60.7 Å². The molecule has 6 aromatic heterocycles. The Balaban J connectivity index is 0.000000169. The van der Waals surface area contributed by atoms with Crippen molar-refractivity contribution < 1.29 is 56.3 Å². The molecule has 7 N–H and O–H groups in total. The zero-order valence-corrected chi connectivity index (χ0v) is 75.3. The van der Waals surface area contributed by atoms with Crippen LogP contribution in [0.2, 0.25) is 0 Å². The van der Waals surface area contributed by atoms with Crippen LogP contribution in [0.5, 0.6) is 0 Å². The molecule has 0 radical (unpaired) electrons. The first-order valence-electron chi connectivity index (χ1n) is 44.1. The van der Waals surface area contributed by atoms with Crippen LogP contribution in [0.15, 0.2) is 138 Å². The van der Waals surface area contributed by atoms with Crippen LogP contribution in [0.3, 0.4) is 0 Å². The molecule has 5 amide bonds. The fourth-order valence-corrected chi connectivity index (χ4v) is 16.7. The van der Waals surface area contributed by atoms with Gasteiger partial charge in [-0.15, -0.1) is 0 Å². The van der Waals surface area contributed by atoms with Crippen molar-refractivity contribution in [3.63, 3.8) is 0 Å². The molecule has 0 atom stereocenters. The molecule has 15 rings (SSSR count). The van der Waals surface area contributed by atoms with Gasteiger partial charge < -0.3 is 65.6 Å². The minimum absolute atomic E-state index is 0.106. The summed E-state index contributed by atoms with van der Waals surface area (Å²) in [6.45, 7) is 30.8. The number of anilines is 2. The predicted molar refractivity (Wildman–Crippen MR) is 485 cm³/mol. The molecule has 5 saturated heterocycles. The van der Waals surface area contributed by atoms with E-state index >= 15 is 4.39 Å². The van der Waals surface area contributed by atoms with Crippen LogP contribution in [0, 0.1) is 23.5 Å². The summed E-state index contributed by atoms with van der Waals surface area (Å²) in [5.74, 6) is -1.18. The largest absolute Gasteiger partial charge is 0.494 e. The van der Waals surface area contributed by atoms with Crippen LogP contribution in [0.4, 0.5) is 25.0 Å². The number of halogens is 3. The van der Waals surface area contributed by atoms with Gasteiger partial charge in [0.15, 0.2) is 11.3 Å². The van der Waals surface area contributed by atoms with E-state index in [-0.39, 0.29) is 97.1 Å². The summed E-state index contributed by atoms with van der Waals surface area (Å²) in [6, 6.07) is 36.1. The minimum Gasteiger partial charge on any atom is -0.444 e. The number of likely N-dealkylation sites (tertiary alicyclic amines) is 1. The van der Waals surface area contributed by atoms with Gasteiger partial charge in [0.25, 0.3) is 23.6 Å². The number of carbonyl (C=O) groups excluding carboxylic acids is 5. The number of nitrogens with zero attached hydrogens (tertiary/aromatic N) is 9. The van der Waals surface area contributed by atoms with Gasteiger partial charge in [-0.2, -0.15) is 10.2 Å². The zero-order valence-electron chi connectivity index (χ0n) is 73.7. The van der Waals surface area contributed by atoms with E-state index in [4.69, 9.17) is 33.5 Å². The third-order valence-electron chi connectivity index (χ3n) is 24.0. The van der Waals surface area contributed by atoms with Crippen molar-refractivity contribution in [3.05, 3.63) is 217 Å². The molecule has 0 aliphatic carbocycles. The van der Waals surface area contributed by atoms with Crippen LogP contribution in [0.25, 0.3) is 33.2 Å². The van der Waals surface area contributed by atoms with Gasteiger partial charge >= 0.3 is 13.2 Å². The highest BCUT2D eigenvalue weighted by Gasteiger charge is 2.52. The Morgan fingerprint density at radius 2 is 0.968 bits per heavy atom. The van der Waals surface area contributed by atoms with E-state index in [0.717, 1.165) is 168 Å². The number of rotatable bonds is 26. The summed E-state index contributed by atoms with van der Waals surface area (Å²) in [6.07, 6.45) is 14.6. The number of amides is 5. The van der Waals surface area contributed by atoms with Gasteiger partial charge in [-0.1, -0.05) is 86.6 Å². The lowest BCUT2D eigenvalue weighted by molar-refractivity contribution is 0.00578. The Labute approximate surface area is 739 Å². The molecule has 30 heteroatoms. The number of pyridine rings is 4. The lowest BCUT2D eigenvalue weighted by Gasteiger charge is -2.33. The monoisotopic (exact) mass is 1770 g/mol. The van der Waals surface area contributed by atoms with Crippen LogP contribution < -0.4 is 42.7 Å². The molecular weight excluding hydrogens is 1650 g/mol. The average Bonchev–Trinajstić information content (AvgIpc) is 1.68. The van der Waals surface area contributed by atoms with Crippen molar-refractivity contribution in [2.75, 3.05) is 63.2 Å². The van der Waals surface area contributed by atoms with E-state index in [1.807, 2.05) is 80.3 Å². The molecule has 4 aromatic carbocycles. The van der Waals surface area contributed by atoms with Gasteiger partial charge in [0, 0.05) is 119 Å². The summed E-state index contributed by atoms with van der Waals surface area (Å²) >= 11 is 3.15. The number of benzene rings is 4. The molecule has 5 aliphatic heterocycles. The van der Waals surface area contributed by atoms with Gasteiger partial charge in [0.1, 0.15) is 40.0 Å². The first-order chi connectivity index (χ1) is 60.1. The third-order valence-corrected chi connectivity index (χ3v) is 24.6. The number of aromatic nitrogens is 8. The maximum Gasteiger partial charge on any atom is 0.494 e. The van der Waals surface area contributed by atoms with Crippen LogP contribution >= 0.6 is 15.9 Å². The highest BCUT2D eigenvalue weighted by molar-refractivity contribution is 9.10. The highest BCUT2D eigenvalue weighted by Crippen LogP contribution is 2.38. The van der Waals surface area contributed by atoms with Gasteiger partial charge in [0.2, 0.25) is 0 Å². The molecule has 662 valence electrons. The molecule has 10 aromatic rings. The van der Waals surface area contributed by atoms with Crippen LogP contribution in [0.1, 0.15) is 214 Å². The normalized spacial score (nSPS) is 16.3. The molecule has 26 nitrogen and oxygen atoms in total. The summed E-state index contributed by atoms with van der Waals surface area (Å²) in [5.41, 5.74) is 12.8. The molecule has 0 saturated carbocycles. The van der Waals surface area contributed by atoms with Crippen molar-refractivity contribution in [3.8, 4) is 11.1 Å². The Morgan fingerprint density at radius 1 is 0.528 bits per heavy atom. The Bertz CT molecular complexity index is 5430. The first-order valence-corrected chi connectivity index (χ1v) is 44.9. The lowest BCUT2D eigenvalue weighted by Crippen LogP contribution is -2.42. The Kier molecular flexibility index (Phi) is 31.0. The fraction of sp³-hybridized carbons (Fsp3) is 0.463. The smallest absolute Gasteiger partial charge is 0.444 e. The topological polar surface area (TPSA) is 306 Å². The molecule has 0 unspecified atom stereocenters. The van der Waals surface area contributed by atoms with Crippen molar-refractivity contribution in [2.24, 2.45) is 11.8 Å². The van der Waals surface area contributed by atoms with Gasteiger partial charge in [-0.25, -0.2) is 42.9 Å². The highest BCUT2D eigenvalue weighted by atomic mass is 79.9. The average molecular weight is 1770 g/mol. The van der Waals surface area contributed by atoms with E-state index in [2.05, 4.69) is 144 Å². The summed E-state index contributed by atoms with van der Waals surface area (Å²) in [4.78, 5) is 85.5. The quantitative estimate of drug-likeness (QED) is 0.0248. The van der Waals surface area contributed by atoms with Crippen LogP contribution in [-0.2, 0) is 88.5 Å². The van der Waals surface area contributed by atoms with Crippen molar-refractivity contribution >= 4 is 91.7 Å². The second-order valence-corrected chi connectivity index (χ2v) is 35.5. The van der Waals surface area contributed by atoms with Crippen molar-refractivity contribution in [2.45, 2.75) is 221 Å². The number of piperidine rings is 2. The van der Waals surface area contributed by atoms with Gasteiger partial charge in [-0.3, -0.25) is 19.2 Å². The third kappa shape index (κ3) is 23.7. The van der Waals surface area contributed by atoms with E-state index < -0.39 is 29.2 Å². The number of nitrogens with one attached hydrogen (secondary N) is 7. The first kappa shape index (κ1) is 92.1. The fourth-order valence-electron chi connectivity index (χ4n) is 16.3. The maximum atomic E-state index is 15.1. The molecular formula is C95H118BBrF2N16O10. The summed E-state index contributed by atoms with van der Waals surface area (Å²) in [7, 11) is -0.325. The van der Waals surface area contributed by atoms with E-state index in [0.29, 0.717) is 74.2 Å². The second-order valence-electron chi connectivity index (χ2n) is 34.6. The van der Waals surface area contributed by atoms with Crippen LogP contribution in [-0.4, -0.2) is 163 Å². The Hall–Kier alpha value is -10.6. The maximum absolute atomic E-state index is 15.1. The number of hydrogen-bond donors (Lipinski definition) is 7. The number of carbonyl (C=O) groups is 5.